The van der Waals surface area contributed by atoms with Gasteiger partial charge in [0.25, 0.3) is 5.91 Å². The van der Waals surface area contributed by atoms with Crippen LogP contribution >= 0.6 is 0 Å². The number of amides is 2. The van der Waals surface area contributed by atoms with E-state index >= 15 is 0 Å². The number of carbonyl (C=O) groups excluding carboxylic acids is 2. The summed E-state index contributed by atoms with van der Waals surface area (Å²) in [5.41, 5.74) is 8.28. The zero-order valence-corrected chi connectivity index (χ0v) is 14.4. The van der Waals surface area contributed by atoms with Crippen molar-refractivity contribution in [1.29, 1.82) is 0 Å². The smallest absolute Gasteiger partial charge is 0.258 e. The Morgan fingerprint density at radius 1 is 1.12 bits per heavy atom. The Kier molecular flexibility index (Phi) is 5.14. The number of nitrogens with zero attached hydrogens (tertiary/aromatic N) is 2. The van der Waals surface area contributed by atoms with Gasteiger partial charge in [0, 0.05) is 30.4 Å². The van der Waals surface area contributed by atoms with Crippen LogP contribution in [0.3, 0.4) is 0 Å². The van der Waals surface area contributed by atoms with Crippen molar-refractivity contribution in [2.24, 2.45) is 5.73 Å². The number of hydrogen-bond acceptors (Lipinski definition) is 3. The fourth-order valence-corrected chi connectivity index (χ4v) is 2.99. The first-order valence-electron chi connectivity index (χ1n) is 8.51. The molecule has 0 aliphatic carbocycles. The van der Waals surface area contributed by atoms with E-state index in [9.17, 15) is 9.59 Å². The van der Waals surface area contributed by atoms with Crippen LogP contribution in [0.25, 0.3) is 0 Å². The number of benzene rings is 2. The van der Waals surface area contributed by atoms with Crippen LogP contribution in [0.2, 0.25) is 0 Å². The number of likely N-dealkylation sites (tertiary alicyclic amines) is 1. The van der Waals surface area contributed by atoms with Crippen LogP contribution in [0.1, 0.15) is 22.3 Å². The zero-order valence-electron chi connectivity index (χ0n) is 14.4. The standard InChI is InChI=1S/C20H23N3O2/c1-15-7-9-18(10-8-15)23(20(25)16-5-3-2-4-6-16)14-19(24)22-12-11-17(21)13-22/h2-10,17H,11-14,21H2,1H3. The summed E-state index contributed by atoms with van der Waals surface area (Å²) in [6.07, 6.45) is 0.808. The molecule has 1 aliphatic heterocycles. The number of hydrogen-bond donors (Lipinski definition) is 1. The van der Waals surface area contributed by atoms with Gasteiger partial charge in [0.1, 0.15) is 6.54 Å². The van der Waals surface area contributed by atoms with Crippen molar-refractivity contribution in [2.75, 3.05) is 24.5 Å². The summed E-state index contributed by atoms with van der Waals surface area (Å²) >= 11 is 0. The molecule has 3 rings (SSSR count). The van der Waals surface area contributed by atoms with Crippen LogP contribution in [-0.2, 0) is 4.79 Å². The summed E-state index contributed by atoms with van der Waals surface area (Å²) in [7, 11) is 0. The van der Waals surface area contributed by atoms with Crippen molar-refractivity contribution in [1.82, 2.24) is 4.90 Å². The summed E-state index contributed by atoms with van der Waals surface area (Å²) in [4.78, 5) is 28.9. The highest BCUT2D eigenvalue weighted by Gasteiger charge is 2.27. The summed E-state index contributed by atoms with van der Waals surface area (Å²) < 4.78 is 0. The molecule has 2 N–H and O–H groups in total. The van der Waals surface area contributed by atoms with Gasteiger partial charge in [-0.05, 0) is 37.6 Å². The van der Waals surface area contributed by atoms with Crippen LogP contribution < -0.4 is 10.6 Å². The monoisotopic (exact) mass is 337 g/mol. The molecule has 25 heavy (non-hydrogen) atoms. The van der Waals surface area contributed by atoms with E-state index in [0.29, 0.717) is 18.7 Å². The molecule has 2 aromatic rings. The molecule has 5 nitrogen and oxygen atoms in total. The van der Waals surface area contributed by atoms with E-state index in [0.717, 1.165) is 17.7 Å². The predicted octanol–water partition coefficient (Wildman–Crippen LogP) is 2.20. The van der Waals surface area contributed by atoms with Gasteiger partial charge in [-0.25, -0.2) is 0 Å². The Morgan fingerprint density at radius 2 is 1.80 bits per heavy atom. The highest BCUT2D eigenvalue weighted by Crippen LogP contribution is 2.19. The van der Waals surface area contributed by atoms with Crippen LogP contribution in [-0.4, -0.2) is 42.4 Å². The van der Waals surface area contributed by atoms with Gasteiger partial charge in [0.2, 0.25) is 5.91 Å². The van der Waals surface area contributed by atoms with Gasteiger partial charge in [-0.15, -0.1) is 0 Å². The molecule has 2 aromatic carbocycles. The molecule has 1 atom stereocenters. The van der Waals surface area contributed by atoms with E-state index in [1.165, 1.54) is 0 Å². The summed E-state index contributed by atoms with van der Waals surface area (Å²) in [5.74, 6) is -0.251. The summed E-state index contributed by atoms with van der Waals surface area (Å²) in [5, 5.41) is 0. The second-order valence-electron chi connectivity index (χ2n) is 6.48. The number of nitrogens with two attached hydrogens (primary N) is 1. The fraction of sp³-hybridized carbons (Fsp3) is 0.300. The van der Waals surface area contributed by atoms with Crippen LogP contribution in [0, 0.1) is 6.92 Å². The molecule has 1 heterocycles. The van der Waals surface area contributed by atoms with Crippen molar-refractivity contribution >= 4 is 17.5 Å². The third kappa shape index (κ3) is 4.06. The molecule has 0 aromatic heterocycles. The number of carbonyl (C=O) groups is 2. The third-order valence-corrected chi connectivity index (χ3v) is 4.48. The van der Waals surface area contributed by atoms with Crippen molar-refractivity contribution in [3.8, 4) is 0 Å². The van der Waals surface area contributed by atoms with Crippen molar-refractivity contribution in [3.63, 3.8) is 0 Å². The quantitative estimate of drug-likeness (QED) is 0.930. The second-order valence-corrected chi connectivity index (χ2v) is 6.48. The molecule has 1 fully saturated rings. The maximum atomic E-state index is 13.0. The Morgan fingerprint density at radius 3 is 2.40 bits per heavy atom. The molecule has 5 heteroatoms. The minimum Gasteiger partial charge on any atom is -0.340 e. The lowest BCUT2D eigenvalue weighted by molar-refractivity contribution is -0.128. The Labute approximate surface area is 148 Å². The van der Waals surface area contributed by atoms with Crippen molar-refractivity contribution in [2.45, 2.75) is 19.4 Å². The average molecular weight is 337 g/mol. The topological polar surface area (TPSA) is 66.6 Å². The van der Waals surface area contributed by atoms with E-state index in [-0.39, 0.29) is 24.4 Å². The van der Waals surface area contributed by atoms with Gasteiger partial charge in [-0.3, -0.25) is 14.5 Å². The van der Waals surface area contributed by atoms with Crippen molar-refractivity contribution < 1.29 is 9.59 Å². The van der Waals surface area contributed by atoms with Gasteiger partial charge in [-0.1, -0.05) is 35.9 Å². The molecule has 130 valence electrons. The molecule has 0 bridgehead atoms. The maximum absolute atomic E-state index is 13.0. The second kappa shape index (κ2) is 7.49. The van der Waals surface area contributed by atoms with Crippen LogP contribution in [0.15, 0.2) is 54.6 Å². The first-order chi connectivity index (χ1) is 12.0. The highest BCUT2D eigenvalue weighted by atomic mass is 16.2. The Balaban J connectivity index is 1.85. The maximum Gasteiger partial charge on any atom is 0.258 e. The summed E-state index contributed by atoms with van der Waals surface area (Å²) in [6.45, 7) is 3.22. The number of aryl methyl sites for hydroxylation is 1. The van der Waals surface area contributed by atoms with E-state index in [4.69, 9.17) is 5.73 Å². The van der Waals surface area contributed by atoms with E-state index in [1.54, 1.807) is 21.9 Å². The molecule has 0 radical (unpaired) electrons. The summed E-state index contributed by atoms with van der Waals surface area (Å²) in [6, 6.07) is 16.7. The predicted molar refractivity (Wildman–Crippen MR) is 98.5 cm³/mol. The SMILES string of the molecule is Cc1ccc(N(CC(=O)N2CCC(N)C2)C(=O)c2ccccc2)cc1. The molecule has 0 saturated carbocycles. The largest absolute Gasteiger partial charge is 0.340 e. The first-order valence-corrected chi connectivity index (χ1v) is 8.51. The molecule has 1 aliphatic rings. The van der Waals surface area contributed by atoms with Crippen LogP contribution in [0.5, 0.6) is 0 Å². The fourth-order valence-electron chi connectivity index (χ4n) is 2.99. The number of anilines is 1. The molecular weight excluding hydrogens is 314 g/mol. The molecular formula is C20H23N3O2. The van der Waals surface area contributed by atoms with Crippen molar-refractivity contribution in [3.05, 3.63) is 65.7 Å². The van der Waals surface area contributed by atoms with Gasteiger partial charge < -0.3 is 10.6 Å². The zero-order chi connectivity index (χ0) is 17.8. The lowest BCUT2D eigenvalue weighted by atomic mass is 10.1. The normalized spacial score (nSPS) is 16.7. The molecule has 0 spiro atoms. The van der Waals surface area contributed by atoms with Crippen LogP contribution in [0.4, 0.5) is 5.69 Å². The number of rotatable bonds is 4. The Hall–Kier alpha value is -2.66. The van der Waals surface area contributed by atoms with E-state index < -0.39 is 0 Å². The molecule has 1 unspecified atom stereocenters. The minimum atomic E-state index is -0.179. The minimum absolute atomic E-state index is 0.0174. The van der Waals surface area contributed by atoms with Gasteiger partial charge in [0.15, 0.2) is 0 Å². The first kappa shape index (κ1) is 17.2. The highest BCUT2D eigenvalue weighted by molar-refractivity contribution is 6.08. The van der Waals surface area contributed by atoms with Gasteiger partial charge in [0.05, 0.1) is 0 Å². The lowest BCUT2D eigenvalue weighted by Crippen LogP contribution is -2.43. The van der Waals surface area contributed by atoms with E-state index in [1.807, 2.05) is 49.4 Å². The van der Waals surface area contributed by atoms with Gasteiger partial charge in [-0.2, -0.15) is 0 Å². The average Bonchev–Trinajstić information content (AvgIpc) is 3.07. The molecule has 2 amide bonds. The molecule has 1 saturated heterocycles. The Bertz CT molecular complexity index is 743. The van der Waals surface area contributed by atoms with E-state index in [2.05, 4.69) is 0 Å². The van der Waals surface area contributed by atoms with Gasteiger partial charge >= 0.3 is 0 Å². The third-order valence-electron chi connectivity index (χ3n) is 4.48. The lowest BCUT2D eigenvalue weighted by Gasteiger charge is -2.25.